The van der Waals surface area contributed by atoms with Gasteiger partial charge in [-0.3, -0.25) is 4.79 Å². The number of carbonyl (C=O) groups excluding carboxylic acids is 1. The topological polar surface area (TPSA) is 69.6 Å². The monoisotopic (exact) mass is 358 g/mol. The number of hydrogen-bond acceptors (Lipinski definition) is 3. The van der Waals surface area contributed by atoms with Crippen molar-refractivity contribution in [2.75, 3.05) is 23.3 Å². The number of rotatable bonds is 8. The van der Waals surface area contributed by atoms with Crippen molar-refractivity contribution < 1.29 is 19.1 Å². The molecule has 1 amide bonds. The highest BCUT2D eigenvalue weighted by Gasteiger charge is 2.16. The van der Waals surface area contributed by atoms with Crippen LogP contribution in [0.25, 0.3) is 0 Å². The molecule has 2 rings (SSSR count). The van der Waals surface area contributed by atoms with Crippen LogP contribution in [0.1, 0.15) is 47.4 Å². The summed E-state index contributed by atoms with van der Waals surface area (Å²) in [6.07, 6.45) is 1.85. The van der Waals surface area contributed by atoms with Crippen LogP contribution in [0.15, 0.2) is 42.5 Å². The first kappa shape index (κ1) is 19.4. The second-order valence-corrected chi connectivity index (χ2v) is 5.99. The maximum Gasteiger partial charge on any atom is 0.335 e. The highest BCUT2D eigenvalue weighted by Crippen LogP contribution is 2.28. The molecule has 0 fully saturated rings. The van der Waals surface area contributed by atoms with Crippen LogP contribution in [-0.2, 0) is 0 Å². The largest absolute Gasteiger partial charge is 0.478 e. The van der Waals surface area contributed by atoms with Gasteiger partial charge >= 0.3 is 5.97 Å². The Kier molecular flexibility index (Phi) is 6.72. The Morgan fingerprint density at radius 2 is 1.58 bits per heavy atom. The molecule has 26 heavy (non-hydrogen) atoms. The number of nitrogens with zero attached hydrogens (tertiary/aromatic N) is 1. The zero-order valence-corrected chi connectivity index (χ0v) is 15.0. The number of carbonyl (C=O) groups is 2. The van der Waals surface area contributed by atoms with E-state index < -0.39 is 17.7 Å². The third-order valence-corrected chi connectivity index (χ3v) is 3.93. The third kappa shape index (κ3) is 4.81. The number of aromatic carboxylic acids is 1. The van der Waals surface area contributed by atoms with Crippen molar-refractivity contribution in [2.24, 2.45) is 0 Å². The number of nitrogens with one attached hydrogen (secondary N) is 1. The molecular formula is C20H23FN2O3. The van der Waals surface area contributed by atoms with Gasteiger partial charge in [0.1, 0.15) is 5.82 Å². The molecule has 0 saturated carbocycles. The fraction of sp³-hybridized carbons (Fsp3) is 0.300. The second kappa shape index (κ2) is 8.99. The van der Waals surface area contributed by atoms with Crippen molar-refractivity contribution >= 4 is 23.3 Å². The van der Waals surface area contributed by atoms with Crippen LogP contribution in [0, 0.1) is 5.82 Å². The van der Waals surface area contributed by atoms with Crippen LogP contribution in [0.5, 0.6) is 0 Å². The van der Waals surface area contributed by atoms with E-state index >= 15 is 0 Å². The standard InChI is InChI=1S/C20H23FN2O3/c1-3-11-23(12-4-2)18-10-7-15(20(25)26)13-17(18)22-19(24)14-5-8-16(21)9-6-14/h5-10,13H,3-4,11-12H2,1-2H3,(H,22,24)(H,25,26). The first-order chi connectivity index (χ1) is 12.5. The molecule has 0 spiro atoms. The molecule has 0 heterocycles. The number of anilines is 2. The average molecular weight is 358 g/mol. The summed E-state index contributed by atoms with van der Waals surface area (Å²) >= 11 is 0. The van der Waals surface area contributed by atoms with Crippen LogP contribution in [0.2, 0.25) is 0 Å². The van der Waals surface area contributed by atoms with E-state index in [-0.39, 0.29) is 5.56 Å². The lowest BCUT2D eigenvalue weighted by Gasteiger charge is -2.26. The number of amides is 1. The van der Waals surface area contributed by atoms with Crippen LogP contribution >= 0.6 is 0 Å². The van der Waals surface area contributed by atoms with Crippen molar-refractivity contribution in [1.29, 1.82) is 0 Å². The Balaban J connectivity index is 2.38. The summed E-state index contributed by atoms with van der Waals surface area (Å²) in [5, 5.41) is 12.0. The zero-order valence-electron chi connectivity index (χ0n) is 15.0. The summed E-state index contributed by atoms with van der Waals surface area (Å²) in [6, 6.07) is 9.91. The predicted molar refractivity (Wildman–Crippen MR) is 101 cm³/mol. The Morgan fingerprint density at radius 1 is 1.00 bits per heavy atom. The minimum absolute atomic E-state index is 0.0936. The van der Waals surface area contributed by atoms with E-state index in [0.717, 1.165) is 31.6 Å². The Hall–Kier alpha value is -2.89. The molecular weight excluding hydrogens is 335 g/mol. The minimum Gasteiger partial charge on any atom is -0.478 e. The highest BCUT2D eigenvalue weighted by atomic mass is 19.1. The number of halogens is 1. The van der Waals surface area contributed by atoms with Gasteiger partial charge in [0.2, 0.25) is 0 Å². The van der Waals surface area contributed by atoms with Gasteiger partial charge in [-0.25, -0.2) is 9.18 Å². The second-order valence-electron chi connectivity index (χ2n) is 5.99. The molecule has 0 bridgehead atoms. The summed E-state index contributed by atoms with van der Waals surface area (Å²) < 4.78 is 13.1. The van der Waals surface area contributed by atoms with Gasteiger partial charge in [0, 0.05) is 18.7 Å². The van der Waals surface area contributed by atoms with Gasteiger partial charge in [-0.05, 0) is 55.3 Å². The molecule has 0 aliphatic carbocycles. The molecule has 5 nitrogen and oxygen atoms in total. The normalized spacial score (nSPS) is 10.4. The lowest BCUT2D eigenvalue weighted by atomic mass is 10.1. The van der Waals surface area contributed by atoms with Crippen molar-refractivity contribution in [2.45, 2.75) is 26.7 Å². The molecule has 0 atom stereocenters. The summed E-state index contributed by atoms with van der Waals surface area (Å²) in [6.45, 7) is 5.70. The maximum absolute atomic E-state index is 13.1. The number of benzene rings is 2. The lowest BCUT2D eigenvalue weighted by Crippen LogP contribution is -2.26. The zero-order chi connectivity index (χ0) is 19.1. The van der Waals surface area contributed by atoms with Gasteiger partial charge in [0.05, 0.1) is 16.9 Å². The van der Waals surface area contributed by atoms with Gasteiger partial charge in [0.25, 0.3) is 5.91 Å². The summed E-state index contributed by atoms with van der Waals surface area (Å²) in [5.74, 6) is -1.90. The minimum atomic E-state index is -1.06. The lowest BCUT2D eigenvalue weighted by molar-refractivity contribution is 0.0696. The third-order valence-electron chi connectivity index (χ3n) is 3.93. The molecule has 138 valence electrons. The summed E-state index contributed by atoms with van der Waals surface area (Å²) in [4.78, 5) is 25.9. The number of carboxylic acid groups (broad SMARTS) is 1. The fourth-order valence-corrected chi connectivity index (χ4v) is 2.73. The van der Waals surface area contributed by atoms with E-state index in [1.54, 1.807) is 6.07 Å². The Labute approximate surface area is 152 Å². The van der Waals surface area contributed by atoms with E-state index in [2.05, 4.69) is 24.1 Å². The first-order valence-corrected chi connectivity index (χ1v) is 8.65. The predicted octanol–water partition coefficient (Wildman–Crippen LogP) is 4.40. The van der Waals surface area contributed by atoms with E-state index in [1.807, 2.05) is 0 Å². The molecule has 0 saturated heterocycles. The van der Waals surface area contributed by atoms with Crippen molar-refractivity contribution in [3.63, 3.8) is 0 Å². The molecule has 2 aromatic carbocycles. The van der Waals surface area contributed by atoms with Gasteiger partial charge in [-0.15, -0.1) is 0 Å². The van der Waals surface area contributed by atoms with E-state index in [9.17, 15) is 19.1 Å². The van der Waals surface area contributed by atoms with Crippen molar-refractivity contribution in [3.8, 4) is 0 Å². The van der Waals surface area contributed by atoms with Gasteiger partial charge in [0.15, 0.2) is 0 Å². The molecule has 0 radical (unpaired) electrons. The SMILES string of the molecule is CCCN(CCC)c1ccc(C(=O)O)cc1NC(=O)c1ccc(F)cc1. The summed E-state index contributed by atoms with van der Waals surface area (Å²) in [5.41, 5.74) is 1.60. The number of hydrogen-bond donors (Lipinski definition) is 2. The Morgan fingerprint density at radius 3 is 2.12 bits per heavy atom. The molecule has 2 aromatic rings. The molecule has 0 aromatic heterocycles. The maximum atomic E-state index is 13.1. The summed E-state index contributed by atoms with van der Waals surface area (Å²) in [7, 11) is 0. The highest BCUT2D eigenvalue weighted by molar-refractivity contribution is 6.06. The average Bonchev–Trinajstić information content (AvgIpc) is 2.62. The van der Waals surface area contributed by atoms with E-state index in [0.29, 0.717) is 11.3 Å². The van der Waals surface area contributed by atoms with E-state index in [4.69, 9.17) is 0 Å². The van der Waals surface area contributed by atoms with Crippen LogP contribution in [0.3, 0.4) is 0 Å². The number of carboxylic acids is 1. The van der Waals surface area contributed by atoms with Crippen molar-refractivity contribution in [3.05, 3.63) is 59.4 Å². The first-order valence-electron chi connectivity index (χ1n) is 8.65. The fourth-order valence-electron chi connectivity index (χ4n) is 2.73. The van der Waals surface area contributed by atoms with Gasteiger partial charge in [-0.2, -0.15) is 0 Å². The van der Waals surface area contributed by atoms with E-state index in [1.165, 1.54) is 36.4 Å². The van der Waals surface area contributed by atoms with Crippen LogP contribution in [-0.4, -0.2) is 30.1 Å². The smallest absolute Gasteiger partial charge is 0.335 e. The van der Waals surface area contributed by atoms with Gasteiger partial charge < -0.3 is 15.3 Å². The van der Waals surface area contributed by atoms with Gasteiger partial charge in [-0.1, -0.05) is 13.8 Å². The molecule has 0 unspecified atom stereocenters. The molecule has 2 N–H and O–H groups in total. The molecule has 0 aliphatic rings. The van der Waals surface area contributed by atoms with Crippen LogP contribution in [0.4, 0.5) is 15.8 Å². The van der Waals surface area contributed by atoms with Crippen LogP contribution < -0.4 is 10.2 Å². The van der Waals surface area contributed by atoms with Crippen molar-refractivity contribution in [1.82, 2.24) is 0 Å². The Bertz CT molecular complexity index is 769. The quantitative estimate of drug-likeness (QED) is 0.734. The molecule has 0 aliphatic heterocycles. The molecule has 6 heteroatoms.